The Bertz CT molecular complexity index is 343. The predicted molar refractivity (Wildman–Crippen MR) is 41.9 cm³/mol. The molecule has 0 aromatic heterocycles. The maximum Gasteiger partial charge on any atom is 0.416 e. The Balaban J connectivity index is 2.69. The highest BCUT2D eigenvalue weighted by atomic mass is 19.4. The third-order valence-electron chi connectivity index (χ3n) is 1.54. The number of alkyl halides is 3. The summed E-state index contributed by atoms with van der Waals surface area (Å²) in [6.45, 7) is -0.689. The van der Waals surface area contributed by atoms with Crippen LogP contribution in [0.15, 0.2) is 24.3 Å². The number of carbonyl (C=O) groups excluding carboxylic acids is 1. The lowest BCUT2D eigenvalue weighted by atomic mass is 10.2. The summed E-state index contributed by atoms with van der Waals surface area (Å²) < 4.78 is 40.9. The quantitative estimate of drug-likeness (QED) is 0.756. The van der Waals surface area contributed by atoms with E-state index in [1.165, 1.54) is 0 Å². The second-order valence-electron chi connectivity index (χ2n) is 2.68. The van der Waals surface area contributed by atoms with Crippen LogP contribution in [0.5, 0.6) is 5.75 Å². The van der Waals surface area contributed by atoms with Gasteiger partial charge >= 0.3 is 6.18 Å². The third-order valence-corrected chi connectivity index (χ3v) is 1.54. The molecule has 6 heteroatoms. The molecule has 1 rings (SSSR count). The zero-order valence-electron chi connectivity index (χ0n) is 7.38. The van der Waals surface area contributed by atoms with E-state index in [9.17, 15) is 23.1 Å². The highest BCUT2D eigenvalue weighted by molar-refractivity contribution is 5.66. The number of aliphatic carboxylic acids is 1. The van der Waals surface area contributed by atoms with Crippen molar-refractivity contribution in [3.05, 3.63) is 29.8 Å². The van der Waals surface area contributed by atoms with Gasteiger partial charge < -0.3 is 14.6 Å². The Hall–Kier alpha value is -1.72. The van der Waals surface area contributed by atoms with Crippen LogP contribution >= 0.6 is 0 Å². The Morgan fingerprint density at radius 3 is 2.20 bits per heavy atom. The zero-order valence-corrected chi connectivity index (χ0v) is 7.38. The molecule has 0 aliphatic carbocycles. The van der Waals surface area contributed by atoms with Crippen molar-refractivity contribution < 1.29 is 27.8 Å². The van der Waals surface area contributed by atoms with Gasteiger partial charge in [-0.05, 0) is 24.3 Å². The molecular formula is C9H6F3O3-. The highest BCUT2D eigenvalue weighted by Gasteiger charge is 2.29. The maximum absolute atomic E-state index is 12.1. The molecule has 1 aromatic rings. The first kappa shape index (κ1) is 11.4. The Kier molecular flexibility index (Phi) is 3.18. The number of hydrogen-bond acceptors (Lipinski definition) is 3. The summed E-state index contributed by atoms with van der Waals surface area (Å²) in [5, 5.41) is 9.98. The topological polar surface area (TPSA) is 49.4 Å². The number of ether oxygens (including phenoxy) is 1. The minimum absolute atomic E-state index is 0.0483. The SMILES string of the molecule is O=C([O-])COc1ccc(C(F)(F)F)cc1. The minimum atomic E-state index is -4.41. The van der Waals surface area contributed by atoms with Crippen LogP contribution in [0.4, 0.5) is 13.2 Å². The van der Waals surface area contributed by atoms with E-state index in [1.54, 1.807) is 0 Å². The molecule has 0 N–H and O–H groups in total. The van der Waals surface area contributed by atoms with E-state index in [0.29, 0.717) is 0 Å². The Morgan fingerprint density at radius 2 is 1.80 bits per heavy atom. The fourth-order valence-corrected chi connectivity index (χ4v) is 0.882. The average Bonchev–Trinajstić information content (AvgIpc) is 2.14. The number of carboxylic acid groups (broad SMARTS) is 1. The largest absolute Gasteiger partial charge is 0.546 e. The van der Waals surface area contributed by atoms with Crippen molar-refractivity contribution in [3.63, 3.8) is 0 Å². The Labute approximate surface area is 83.1 Å². The van der Waals surface area contributed by atoms with Crippen LogP contribution in [-0.2, 0) is 11.0 Å². The summed E-state index contributed by atoms with van der Waals surface area (Å²) in [5.41, 5.74) is -0.816. The zero-order chi connectivity index (χ0) is 11.5. The predicted octanol–water partition coefficient (Wildman–Crippen LogP) is 0.834. The lowest BCUT2D eigenvalue weighted by Gasteiger charge is -2.09. The number of carbonyl (C=O) groups is 1. The van der Waals surface area contributed by atoms with Crippen LogP contribution in [0.3, 0.4) is 0 Å². The summed E-state index contributed by atoms with van der Waals surface area (Å²) in [6.07, 6.45) is -4.41. The van der Waals surface area contributed by atoms with Gasteiger partial charge in [-0.2, -0.15) is 13.2 Å². The van der Waals surface area contributed by atoms with E-state index >= 15 is 0 Å². The second-order valence-corrected chi connectivity index (χ2v) is 2.68. The summed E-state index contributed by atoms with van der Waals surface area (Å²) >= 11 is 0. The molecule has 0 amide bonds. The molecule has 1 aromatic carbocycles. The highest BCUT2D eigenvalue weighted by Crippen LogP contribution is 2.30. The molecule has 0 heterocycles. The van der Waals surface area contributed by atoms with Crippen LogP contribution < -0.4 is 9.84 Å². The first-order valence-electron chi connectivity index (χ1n) is 3.89. The van der Waals surface area contributed by atoms with Crippen molar-refractivity contribution in [2.75, 3.05) is 6.61 Å². The lowest BCUT2D eigenvalue weighted by Crippen LogP contribution is -2.28. The average molecular weight is 219 g/mol. The van der Waals surface area contributed by atoms with E-state index in [-0.39, 0.29) is 5.75 Å². The van der Waals surface area contributed by atoms with Crippen molar-refractivity contribution in [1.29, 1.82) is 0 Å². The molecular weight excluding hydrogens is 213 g/mol. The number of carboxylic acids is 1. The van der Waals surface area contributed by atoms with Gasteiger partial charge in [-0.3, -0.25) is 0 Å². The lowest BCUT2D eigenvalue weighted by molar-refractivity contribution is -0.307. The van der Waals surface area contributed by atoms with E-state index in [2.05, 4.69) is 4.74 Å². The molecule has 0 aliphatic heterocycles. The van der Waals surface area contributed by atoms with Crippen LogP contribution in [0, 0.1) is 0 Å². The third kappa shape index (κ3) is 3.49. The Morgan fingerprint density at radius 1 is 1.27 bits per heavy atom. The van der Waals surface area contributed by atoms with Crippen molar-refractivity contribution in [3.8, 4) is 5.75 Å². The number of rotatable bonds is 3. The molecule has 0 saturated carbocycles. The van der Waals surface area contributed by atoms with Gasteiger partial charge in [-0.25, -0.2) is 0 Å². The molecule has 3 nitrogen and oxygen atoms in total. The smallest absolute Gasteiger partial charge is 0.416 e. The van der Waals surface area contributed by atoms with E-state index in [0.717, 1.165) is 24.3 Å². The number of benzene rings is 1. The van der Waals surface area contributed by atoms with Crippen molar-refractivity contribution >= 4 is 5.97 Å². The first-order chi connectivity index (χ1) is 6.89. The van der Waals surface area contributed by atoms with Gasteiger partial charge in [0.05, 0.1) is 11.5 Å². The minimum Gasteiger partial charge on any atom is -0.546 e. The normalized spacial score (nSPS) is 11.1. The van der Waals surface area contributed by atoms with Gasteiger partial charge in [0.15, 0.2) is 0 Å². The molecule has 0 saturated heterocycles. The molecule has 0 unspecified atom stereocenters. The van der Waals surface area contributed by atoms with Crippen LogP contribution in [0.1, 0.15) is 5.56 Å². The summed E-state index contributed by atoms with van der Waals surface area (Å²) in [6, 6.07) is 3.72. The summed E-state index contributed by atoms with van der Waals surface area (Å²) in [5.74, 6) is -1.39. The fourth-order valence-electron chi connectivity index (χ4n) is 0.882. The van der Waals surface area contributed by atoms with Crippen LogP contribution in [-0.4, -0.2) is 12.6 Å². The van der Waals surface area contributed by atoms with Gasteiger partial charge in [-0.1, -0.05) is 0 Å². The van der Waals surface area contributed by atoms with Gasteiger partial charge in [-0.15, -0.1) is 0 Å². The second kappa shape index (κ2) is 4.20. The van der Waals surface area contributed by atoms with Gasteiger partial charge in [0.1, 0.15) is 12.4 Å². The number of halogens is 3. The van der Waals surface area contributed by atoms with Crippen LogP contribution in [0.2, 0.25) is 0 Å². The molecule has 0 fully saturated rings. The molecule has 0 aliphatic rings. The fraction of sp³-hybridized carbons (Fsp3) is 0.222. The first-order valence-corrected chi connectivity index (χ1v) is 3.89. The van der Waals surface area contributed by atoms with Gasteiger partial charge in [0.2, 0.25) is 0 Å². The van der Waals surface area contributed by atoms with Crippen molar-refractivity contribution in [2.45, 2.75) is 6.18 Å². The van der Waals surface area contributed by atoms with Gasteiger partial charge in [0, 0.05) is 0 Å². The standard InChI is InChI=1S/C9H7F3O3/c10-9(11,12)6-1-3-7(4-2-6)15-5-8(13)14/h1-4H,5H2,(H,13,14)/p-1. The van der Waals surface area contributed by atoms with E-state index in [4.69, 9.17) is 0 Å². The van der Waals surface area contributed by atoms with Crippen LogP contribution in [0.25, 0.3) is 0 Å². The molecule has 0 bridgehead atoms. The molecule has 0 spiro atoms. The molecule has 0 radical (unpaired) electrons. The maximum atomic E-state index is 12.1. The summed E-state index contributed by atoms with van der Waals surface area (Å²) in [4.78, 5) is 9.98. The van der Waals surface area contributed by atoms with E-state index in [1.807, 2.05) is 0 Å². The van der Waals surface area contributed by atoms with Gasteiger partial charge in [0.25, 0.3) is 0 Å². The molecule has 15 heavy (non-hydrogen) atoms. The molecule has 0 atom stereocenters. The molecule has 82 valence electrons. The van der Waals surface area contributed by atoms with Crippen molar-refractivity contribution in [1.82, 2.24) is 0 Å². The van der Waals surface area contributed by atoms with Crippen molar-refractivity contribution in [2.24, 2.45) is 0 Å². The monoisotopic (exact) mass is 219 g/mol. The summed E-state index contributed by atoms with van der Waals surface area (Å²) in [7, 11) is 0. The van der Waals surface area contributed by atoms with E-state index < -0.39 is 24.3 Å². The number of hydrogen-bond donors (Lipinski definition) is 0.